The lowest BCUT2D eigenvalue weighted by Gasteiger charge is -2.33. The molecule has 1 fully saturated rings. The number of carbonyl (C=O) groups excluding carboxylic acids is 1. The number of carbonyl (C=O) groups is 1. The Kier molecular flexibility index (Phi) is 4.40. The van der Waals surface area contributed by atoms with Gasteiger partial charge in [0.15, 0.2) is 5.76 Å². The van der Waals surface area contributed by atoms with Crippen molar-refractivity contribution in [2.24, 2.45) is 0 Å². The lowest BCUT2D eigenvalue weighted by atomic mass is 9.95. The Bertz CT molecular complexity index is 614. The highest BCUT2D eigenvalue weighted by molar-refractivity contribution is 7.88. The Morgan fingerprint density at radius 2 is 2.10 bits per heavy atom. The van der Waals surface area contributed by atoms with Gasteiger partial charge in [-0.1, -0.05) is 0 Å². The SMILES string of the molecule is CN(C)S(=O)(=O)c1ccc(C(=O)NC2(C)CCCOC2)o1. The topological polar surface area (TPSA) is 88.9 Å². The monoisotopic (exact) mass is 316 g/mol. The van der Waals surface area contributed by atoms with E-state index in [4.69, 9.17) is 9.15 Å². The number of furan rings is 1. The van der Waals surface area contributed by atoms with Crippen LogP contribution in [0.3, 0.4) is 0 Å². The van der Waals surface area contributed by atoms with E-state index in [2.05, 4.69) is 5.32 Å². The van der Waals surface area contributed by atoms with E-state index in [1.54, 1.807) is 0 Å². The Hall–Kier alpha value is -1.38. The molecule has 0 saturated carbocycles. The average Bonchev–Trinajstić information content (AvgIpc) is 2.89. The minimum Gasteiger partial charge on any atom is -0.438 e. The van der Waals surface area contributed by atoms with Gasteiger partial charge in [-0.2, -0.15) is 0 Å². The first-order valence-electron chi connectivity index (χ1n) is 6.67. The van der Waals surface area contributed by atoms with Crippen LogP contribution in [-0.4, -0.2) is 51.5 Å². The molecule has 1 saturated heterocycles. The average molecular weight is 316 g/mol. The summed E-state index contributed by atoms with van der Waals surface area (Å²) in [5, 5.41) is 2.59. The summed E-state index contributed by atoms with van der Waals surface area (Å²) in [7, 11) is -0.874. The summed E-state index contributed by atoms with van der Waals surface area (Å²) in [5.74, 6) is -0.467. The molecule has 1 aromatic rings. The summed E-state index contributed by atoms with van der Waals surface area (Å²) >= 11 is 0. The van der Waals surface area contributed by atoms with Gasteiger partial charge in [-0.15, -0.1) is 0 Å². The van der Waals surface area contributed by atoms with Crippen LogP contribution in [0.15, 0.2) is 21.6 Å². The molecule has 1 amide bonds. The van der Waals surface area contributed by atoms with Gasteiger partial charge in [0, 0.05) is 20.7 Å². The smallest absolute Gasteiger partial charge is 0.287 e. The van der Waals surface area contributed by atoms with Gasteiger partial charge in [0.25, 0.3) is 15.9 Å². The zero-order valence-electron chi connectivity index (χ0n) is 12.4. The molecule has 2 heterocycles. The second kappa shape index (κ2) is 5.78. The number of sulfonamides is 1. The molecule has 1 unspecified atom stereocenters. The molecule has 7 nitrogen and oxygen atoms in total. The van der Waals surface area contributed by atoms with Crippen LogP contribution in [0, 0.1) is 0 Å². The van der Waals surface area contributed by atoms with E-state index < -0.39 is 21.5 Å². The van der Waals surface area contributed by atoms with Crippen molar-refractivity contribution in [2.45, 2.75) is 30.4 Å². The van der Waals surface area contributed by atoms with Gasteiger partial charge < -0.3 is 14.5 Å². The van der Waals surface area contributed by atoms with E-state index in [1.165, 1.54) is 26.2 Å². The molecule has 0 bridgehead atoms. The van der Waals surface area contributed by atoms with E-state index in [9.17, 15) is 13.2 Å². The molecule has 0 spiro atoms. The molecule has 0 aromatic carbocycles. The van der Waals surface area contributed by atoms with Gasteiger partial charge in [0.1, 0.15) is 0 Å². The molecule has 2 rings (SSSR count). The molecule has 1 atom stereocenters. The van der Waals surface area contributed by atoms with Gasteiger partial charge in [0.2, 0.25) is 5.09 Å². The van der Waals surface area contributed by atoms with Crippen LogP contribution < -0.4 is 5.32 Å². The quantitative estimate of drug-likeness (QED) is 0.888. The molecule has 0 radical (unpaired) electrons. The molecular weight excluding hydrogens is 296 g/mol. The van der Waals surface area contributed by atoms with Crippen LogP contribution in [0.2, 0.25) is 0 Å². The van der Waals surface area contributed by atoms with E-state index in [-0.39, 0.29) is 10.9 Å². The van der Waals surface area contributed by atoms with Crippen molar-refractivity contribution in [3.8, 4) is 0 Å². The molecule has 118 valence electrons. The fraction of sp³-hybridized carbons (Fsp3) is 0.615. The van der Waals surface area contributed by atoms with Crippen LogP contribution in [0.1, 0.15) is 30.3 Å². The summed E-state index contributed by atoms with van der Waals surface area (Å²) in [6.07, 6.45) is 1.68. The number of hydrogen-bond acceptors (Lipinski definition) is 5. The van der Waals surface area contributed by atoms with E-state index in [1.807, 2.05) is 6.92 Å². The first kappa shape index (κ1) is 16.0. The van der Waals surface area contributed by atoms with Crippen molar-refractivity contribution in [1.82, 2.24) is 9.62 Å². The van der Waals surface area contributed by atoms with Crippen molar-refractivity contribution in [3.63, 3.8) is 0 Å². The summed E-state index contributed by atoms with van der Waals surface area (Å²) in [4.78, 5) is 12.2. The fourth-order valence-electron chi connectivity index (χ4n) is 2.13. The number of nitrogens with zero attached hydrogens (tertiary/aromatic N) is 1. The second-order valence-corrected chi connectivity index (χ2v) is 7.66. The minimum absolute atomic E-state index is 0.0257. The standard InChI is InChI=1S/C13H20N2O5S/c1-13(7-4-8-19-9-13)14-12(16)10-5-6-11(20-10)21(17,18)15(2)3/h5-6H,4,7-9H2,1-3H3,(H,14,16). The highest BCUT2D eigenvalue weighted by atomic mass is 32.2. The Morgan fingerprint density at radius 1 is 1.38 bits per heavy atom. The van der Waals surface area contributed by atoms with Crippen LogP contribution in [0.25, 0.3) is 0 Å². The summed E-state index contributed by atoms with van der Waals surface area (Å²) in [6.45, 7) is 3.02. The normalized spacial score (nSPS) is 23.2. The second-order valence-electron chi connectivity index (χ2n) is 5.58. The molecular formula is C13H20N2O5S. The lowest BCUT2D eigenvalue weighted by Crippen LogP contribution is -2.51. The van der Waals surface area contributed by atoms with Crippen molar-refractivity contribution in [3.05, 3.63) is 17.9 Å². The maximum atomic E-state index is 12.2. The molecule has 1 aliphatic heterocycles. The highest BCUT2D eigenvalue weighted by Crippen LogP contribution is 2.21. The Morgan fingerprint density at radius 3 is 2.67 bits per heavy atom. The summed E-state index contributed by atoms with van der Waals surface area (Å²) < 4.78 is 35.4. The first-order valence-corrected chi connectivity index (χ1v) is 8.11. The molecule has 21 heavy (non-hydrogen) atoms. The van der Waals surface area contributed by atoms with Gasteiger partial charge in [-0.25, -0.2) is 12.7 Å². The third-order valence-corrected chi connectivity index (χ3v) is 5.08. The number of rotatable bonds is 4. The van der Waals surface area contributed by atoms with E-state index >= 15 is 0 Å². The number of hydrogen-bond donors (Lipinski definition) is 1. The maximum Gasteiger partial charge on any atom is 0.287 e. The van der Waals surface area contributed by atoms with Crippen LogP contribution >= 0.6 is 0 Å². The van der Waals surface area contributed by atoms with Gasteiger partial charge in [-0.3, -0.25) is 4.79 Å². The fourth-order valence-corrected chi connectivity index (χ4v) is 2.92. The van der Waals surface area contributed by atoms with Crippen LogP contribution in [0.5, 0.6) is 0 Å². The van der Waals surface area contributed by atoms with Crippen LogP contribution in [0.4, 0.5) is 0 Å². The Balaban J connectivity index is 2.13. The van der Waals surface area contributed by atoms with Crippen LogP contribution in [-0.2, 0) is 14.8 Å². The number of amides is 1. The largest absolute Gasteiger partial charge is 0.438 e. The third-order valence-electron chi connectivity index (χ3n) is 3.39. The predicted octanol–water partition coefficient (Wildman–Crippen LogP) is 0.829. The first-order chi connectivity index (χ1) is 9.74. The molecule has 1 aromatic heterocycles. The predicted molar refractivity (Wildman–Crippen MR) is 75.5 cm³/mol. The van der Waals surface area contributed by atoms with Crippen molar-refractivity contribution >= 4 is 15.9 Å². The van der Waals surface area contributed by atoms with Crippen molar-refractivity contribution in [2.75, 3.05) is 27.3 Å². The molecule has 0 aliphatic carbocycles. The zero-order chi connectivity index (χ0) is 15.7. The molecule has 1 N–H and O–H groups in total. The molecule has 8 heteroatoms. The number of ether oxygens (including phenoxy) is 1. The molecule has 1 aliphatic rings. The lowest BCUT2D eigenvalue weighted by molar-refractivity contribution is 0.0264. The Labute approximate surface area is 124 Å². The van der Waals surface area contributed by atoms with Gasteiger partial charge in [-0.05, 0) is 31.9 Å². The van der Waals surface area contributed by atoms with Gasteiger partial charge in [0.05, 0.1) is 12.1 Å². The summed E-state index contributed by atoms with van der Waals surface area (Å²) in [6, 6.07) is 2.64. The van der Waals surface area contributed by atoms with Crippen molar-refractivity contribution in [1.29, 1.82) is 0 Å². The highest BCUT2D eigenvalue weighted by Gasteiger charge is 2.31. The maximum absolute atomic E-state index is 12.2. The zero-order valence-corrected chi connectivity index (χ0v) is 13.2. The minimum atomic E-state index is -3.68. The van der Waals surface area contributed by atoms with E-state index in [0.29, 0.717) is 13.2 Å². The third kappa shape index (κ3) is 3.45. The van der Waals surface area contributed by atoms with E-state index in [0.717, 1.165) is 17.1 Å². The van der Waals surface area contributed by atoms with Gasteiger partial charge >= 0.3 is 0 Å². The summed E-state index contributed by atoms with van der Waals surface area (Å²) in [5.41, 5.74) is -0.456. The number of nitrogens with one attached hydrogen (secondary N) is 1. The van der Waals surface area contributed by atoms with Crippen molar-refractivity contribution < 1.29 is 22.4 Å².